The van der Waals surface area contributed by atoms with Crippen LogP contribution in [-0.4, -0.2) is 19.7 Å². The van der Waals surface area contributed by atoms with Crippen LogP contribution in [0.5, 0.6) is 5.75 Å². The molecule has 2 aliphatic rings. The van der Waals surface area contributed by atoms with E-state index in [0.29, 0.717) is 0 Å². The molecule has 3 rings (SSSR count). The lowest BCUT2D eigenvalue weighted by Gasteiger charge is -2.26. The van der Waals surface area contributed by atoms with Crippen LogP contribution < -0.4 is 10.1 Å². The largest absolute Gasteiger partial charge is 0.493 e. The Morgan fingerprint density at radius 3 is 3.11 bits per heavy atom. The summed E-state index contributed by atoms with van der Waals surface area (Å²) in [4.78, 5) is 0. The van der Waals surface area contributed by atoms with Gasteiger partial charge in [0.25, 0.3) is 0 Å². The molecule has 1 aromatic carbocycles. The summed E-state index contributed by atoms with van der Waals surface area (Å²) in [5.74, 6) is 1.85. The Kier molecular flexibility index (Phi) is 3.76. The molecule has 0 saturated carbocycles. The molecule has 0 aliphatic carbocycles. The second-order valence-corrected chi connectivity index (χ2v) is 5.86. The summed E-state index contributed by atoms with van der Waals surface area (Å²) in [6.07, 6.45) is 5.90. The number of hydrogen-bond acceptors (Lipinski definition) is 2. The highest BCUT2D eigenvalue weighted by atomic mass is 35.5. The summed E-state index contributed by atoms with van der Waals surface area (Å²) in [5, 5.41) is 4.34. The number of aryl methyl sites for hydroxylation is 1. The first kappa shape index (κ1) is 12.3. The van der Waals surface area contributed by atoms with Crippen LogP contribution in [-0.2, 0) is 12.8 Å². The van der Waals surface area contributed by atoms with Gasteiger partial charge in [0.1, 0.15) is 5.75 Å². The molecule has 98 valence electrons. The molecule has 3 heteroatoms. The Morgan fingerprint density at radius 1 is 1.33 bits per heavy atom. The minimum absolute atomic E-state index is 0.729. The monoisotopic (exact) mass is 265 g/mol. The summed E-state index contributed by atoms with van der Waals surface area (Å²) in [6.45, 7) is 3.15. The molecule has 1 N–H and O–H groups in total. The van der Waals surface area contributed by atoms with Gasteiger partial charge in [0, 0.05) is 5.02 Å². The van der Waals surface area contributed by atoms with Crippen molar-refractivity contribution in [3.05, 3.63) is 28.3 Å². The summed E-state index contributed by atoms with van der Waals surface area (Å²) in [6, 6.07) is 4.17. The van der Waals surface area contributed by atoms with Crippen molar-refractivity contribution in [2.45, 2.75) is 32.1 Å². The first-order valence-corrected chi connectivity index (χ1v) is 7.35. The van der Waals surface area contributed by atoms with Gasteiger partial charge < -0.3 is 10.1 Å². The van der Waals surface area contributed by atoms with Gasteiger partial charge in [-0.25, -0.2) is 0 Å². The molecule has 0 spiro atoms. The molecule has 1 unspecified atom stereocenters. The average Bonchev–Trinajstić information content (AvgIpc) is 2.40. The molecule has 2 aliphatic heterocycles. The van der Waals surface area contributed by atoms with Gasteiger partial charge in [0.2, 0.25) is 0 Å². The SMILES string of the molecule is Clc1cc2c(c(CC3CCCNC3)c1)OCCC2. The first-order chi connectivity index (χ1) is 8.83. The van der Waals surface area contributed by atoms with E-state index in [2.05, 4.69) is 17.4 Å². The molecule has 0 aromatic heterocycles. The van der Waals surface area contributed by atoms with Crippen molar-refractivity contribution in [3.63, 3.8) is 0 Å². The molecule has 18 heavy (non-hydrogen) atoms. The highest BCUT2D eigenvalue weighted by molar-refractivity contribution is 6.30. The van der Waals surface area contributed by atoms with Crippen LogP contribution in [0.2, 0.25) is 5.02 Å². The number of fused-ring (bicyclic) bond motifs is 1. The fraction of sp³-hybridized carbons (Fsp3) is 0.600. The Balaban J connectivity index is 1.83. The van der Waals surface area contributed by atoms with E-state index in [1.807, 2.05) is 0 Å². The van der Waals surface area contributed by atoms with Crippen molar-refractivity contribution < 1.29 is 4.74 Å². The van der Waals surface area contributed by atoms with E-state index in [-0.39, 0.29) is 0 Å². The van der Waals surface area contributed by atoms with Gasteiger partial charge in [0.15, 0.2) is 0 Å². The van der Waals surface area contributed by atoms with Crippen LogP contribution in [0.25, 0.3) is 0 Å². The minimum Gasteiger partial charge on any atom is -0.493 e. The third-order valence-corrected chi connectivity index (χ3v) is 4.17. The standard InChI is InChI=1S/C15H20ClNO/c16-14-8-12-4-2-6-18-15(12)13(9-14)7-11-3-1-5-17-10-11/h8-9,11,17H,1-7,10H2. The molecule has 2 heterocycles. The quantitative estimate of drug-likeness (QED) is 0.887. The van der Waals surface area contributed by atoms with E-state index in [0.717, 1.165) is 49.1 Å². The lowest BCUT2D eigenvalue weighted by Crippen LogP contribution is -2.31. The van der Waals surface area contributed by atoms with Crippen molar-refractivity contribution in [2.24, 2.45) is 5.92 Å². The zero-order valence-corrected chi connectivity index (χ0v) is 11.4. The molecule has 1 fully saturated rings. The van der Waals surface area contributed by atoms with Crippen LogP contribution in [0.1, 0.15) is 30.4 Å². The van der Waals surface area contributed by atoms with Gasteiger partial charge in [-0.3, -0.25) is 0 Å². The van der Waals surface area contributed by atoms with Gasteiger partial charge in [-0.05, 0) is 74.4 Å². The molecule has 1 aromatic rings. The van der Waals surface area contributed by atoms with Crippen molar-refractivity contribution in [3.8, 4) is 5.75 Å². The fourth-order valence-corrected chi connectivity index (χ4v) is 3.34. The second-order valence-electron chi connectivity index (χ2n) is 5.42. The van der Waals surface area contributed by atoms with Gasteiger partial charge in [-0.15, -0.1) is 0 Å². The number of nitrogens with one attached hydrogen (secondary N) is 1. The molecule has 0 bridgehead atoms. The Hall–Kier alpha value is -0.730. The number of rotatable bonds is 2. The summed E-state index contributed by atoms with van der Waals surface area (Å²) in [5.41, 5.74) is 2.61. The average molecular weight is 266 g/mol. The number of piperidine rings is 1. The van der Waals surface area contributed by atoms with E-state index < -0.39 is 0 Å². The van der Waals surface area contributed by atoms with Crippen molar-refractivity contribution in [1.82, 2.24) is 5.32 Å². The van der Waals surface area contributed by atoms with Crippen molar-refractivity contribution >= 4 is 11.6 Å². The highest BCUT2D eigenvalue weighted by Crippen LogP contribution is 2.34. The maximum absolute atomic E-state index is 6.23. The van der Waals surface area contributed by atoms with E-state index in [9.17, 15) is 0 Å². The molecule has 0 amide bonds. The molecular weight excluding hydrogens is 246 g/mol. The van der Waals surface area contributed by atoms with E-state index in [4.69, 9.17) is 16.3 Å². The van der Waals surface area contributed by atoms with Crippen molar-refractivity contribution in [2.75, 3.05) is 19.7 Å². The van der Waals surface area contributed by atoms with Crippen LogP contribution in [0, 0.1) is 5.92 Å². The Bertz CT molecular complexity index is 427. The third-order valence-electron chi connectivity index (χ3n) is 3.95. The maximum atomic E-state index is 6.23. The summed E-state index contributed by atoms with van der Waals surface area (Å²) >= 11 is 6.23. The van der Waals surface area contributed by atoms with Crippen molar-refractivity contribution in [1.29, 1.82) is 0 Å². The molecule has 1 atom stereocenters. The number of benzene rings is 1. The van der Waals surface area contributed by atoms with Crippen LogP contribution in [0.4, 0.5) is 0 Å². The summed E-state index contributed by atoms with van der Waals surface area (Å²) < 4.78 is 5.87. The van der Waals surface area contributed by atoms with E-state index in [1.165, 1.54) is 30.5 Å². The molecular formula is C15H20ClNO. The van der Waals surface area contributed by atoms with Crippen LogP contribution in [0.3, 0.4) is 0 Å². The summed E-state index contributed by atoms with van der Waals surface area (Å²) in [7, 11) is 0. The minimum atomic E-state index is 0.729. The maximum Gasteiger partial charge on any atom is 0.125 e. The number of ether oxygens (including phenoxy) is 1. The van der Waals surface area contributed by atoms with Gasteiger partial charge in [0.05, 0.1) is 6.61 Å². The van der Waals surface area contributed by atoms with E-state index >= 15 is 0 Å². The lowest BCUT2D eigenvalue weighted by atomic mass is 9.90. The van der Waals surface area contributed by atoms with Crippen LogP contribution in [0.15, 0.2) is 12.1 Å². The molecule has 0 radical (unpaired) electrons. The molecule has 2 nitrogen and oxygen atoms in total. The number of halogens is 1. The van der Waals surface area contributed by atoms with E-state index in [1.54, 1.807) is 0 Å². The predicted molar refractivity (Wildman–Crippen MR) is 74.6 cm³/mol. The Morgan fingerprint density at radius 2 is 2.28 bits per heavy atom. The highest BCUT2D eigenvalue weighted by Gasteiger charge is 2.20. The topological polar surface area (TPSA) is 21.3 Å². The first-order valence-electron chi connectivity index (χ1n) is 6.98. The Labute approximate surface area is 114 Å². The normalized spacial score (nSPS) is 23.3. The predicted octanol–water partition coefficient (Wildman–Crippen LogP) is 3.21. The van der Waals surface area contributed by atoms with Gasteiger partial charge in [-0.2, -0.15) is 0 Å². The van der Waals surface area contributed by atoms with Gasteiger partial charge >= 0.3 is 0 Å². The second kappa shape index (κ2) is 5.50. The third kappa shape index (κ3) is 2.65. The van der Waals surface area contributed by atoms with Gasteiger partial charge in [-0.1, -0.05) is 11.6 Å². The van der Waals surface area contributed by atoms with Crippen LogP contribution >= 0.6 is 11.6 Å². The zero-order chi connectivity index (χ0) is 12.4. The lowest BCUT2D eigenvalue weighted by molar-refractivity contribution is 0.281. The fourth-order valence-electron chi connectivity index (χ4n) is 3.08. The zero-order valence-electron chi connectivity index (χ0n) is 10.7. The smallest absolute Gasteiger partial charge is 0.125 e. The molecule has 1 saturated heterocycles. The number of hydrogen-bond donors (Lipinski definition) is 1.